The van der Waals surface area contributed by atoms with Gasteiger partial charge >= 0.3 is 5.97 Å². The van der Waals surface area contributed by atoms with E-state index in [1.54, 1.807) is 6.92 Å². The van der Waals surface area contributed by atoms with Crippen LogP contribution in [-0.4, -0.2) is 17.6 Å². The first-order valence-corrected chi connectivity index (χ1v) is 4.64. The fraction of sp³-hybridized carbons (Fsp3) is 0.273. The predicted molar refractivity (Wildman–Crippen MR) is 53.9 cm³/mol. The SMILES string of the molecule is CCOC(=O)C(C#N)c1cnccc1C#N. The van der Waals surface area contributed by atoms with Crippen molar-refractivity contribution in [2.45, 2.75) is 12.8 Å². The second kappa shape index (κ2) is 5.47. The highest BCUT2D eigenvalue weighted by Crippen LogP contribution is 2.19. The van der Waals surface area contributed by atoms with Crippen molar-refractivity contribution in [1.82, 2.24) is 4.98 Å². The third kappa shape index (κ3) is 2.34. The van der Waals surface area contributed by atoms with E-state index in [-0.39, 0.29) is 17.7 Å². The molecule has 1 heterocycles. The molecule has 0 saturated carbocycles. The monoisotopic (exact) mass is 215 g/mol. The van der Waals surface area contributed by atoms with Crippen molar-refractivity contribution in [3.63, 3.8) is 0 Å². The summed E-state index contributed by atoms with van der Waals surface area (Å²) in [6, 6.07) is 5.18. The van der Waals surface area contributed by atoms with E-state index in [0.29, 0.717) is 0 Å². The summed E-state index contributed by atoms with van der Waals surface area (Å²) in [6.07, 6.45) is 2.77. The van der Waals surface area contributed by atoms with Gasteiger partial charge < -0.3 is 4.74 Å². The van der Waals surface area contributed by atoms with Crippen LogP contribution >= 0.6 is 0 Å². The molecule has 0 N–H and O–H groups in total. The molecule has 0 aliphatic carbocycles. The Morgan fingerprint density at radius 2 is 2.38 bits per heavy atom. The van der Waals surface area contributed by atoms with Crippen molar-refractivity contribution < 1.29 is 9.53 Å². The zero-order chi connectivity index (χ0) is 12.0. The van der Waals surface area contributed by atoms with Gasteiger partial charge in [-0.15, -0.1) is 0 Å². The first-order chi connectivity index (χ1) is 7.74. The van der Waals surface area contributed by atoms with Crippen LogP contribution in [0, 0.1) is 22.7 Å². The average molecular weight is 215 g/mol. The van der Waals surface area contributed by atoms with Gasteiger partial charge in [-0.1, -0.05) is 0 Å². The number of nitrogens with zero attached hydrogens (tertiary/aromatic N) is 3. The number of aromatic nitrogens is 1. The summed E-state index contributed by atoms with van der Waals surface area (Å²) in [5.74, 6) is -1.75. The van der Waals surface area contributed by atoms with E-state index in [2.05, 4.69) is 4.98 Å². The Kier molecular flexibility index (Phi) is 3.99. The molecule has 16 heavy (non-hydrogen) atoms. The molecule has 5 nitrogen and oxygen atoms in total. The van der Waals surface area contributed by atoms with Gasteiger partial charge in [-0.25, -0.2) is 0 Å². The normalized spacial score (nSPS) is 10.9. The van der Waals surface area contributed by atoms with E-state index in [0.717, 1.165) is 0 Å². The highest BCUT2D eigenvalue weighted by Gasteiger charge is 2.24. The Balaban J connectivity index is 3.11. The Labute approximate surface area is 92.9 Å². The molecule has 1 aromatic heterocycles. The maximum Gasteiger partial charge on any atom is 0.328 e. The minimum absolute atomic E-state index is 0.194. The highest BCUT2D eigenvalue weighted by molar-refractivity contribution is 5.82. The molecule has 1 aromatic rings. The van der Waals surface area contributed by atoms with Crippen LogP contribution in [0.1, 0.15) is 24.0 Å². The van der Waals surface area contributed by atoms with Crippen LogP contribution in [0.4, 0.5) is 0 Å². The summed E-state index contributed by atoms with van der Waals surface area (Å²) in [5, 5.41) is 17.7. The van der Waals surface area contributed by atoms with Gasteiger partial charge in [0.05, 0.1) is 24.3 Å². The zero-order valence-electron chi connectivity index (χ0n) is 8.67. The number of carbonyl (C=O) groups excluding carboxylic acids is 1. The number of pyridine rings is 1. The van der Waals surface area contributed by atoms with Crippen molar-refractivity contribution in [2.24, 2.45) is 0 Å². The van der Waals surface area contributed by atoms with Crippen molar-refractivity contribution in [3.05, 3.63) is 29.6 Å². The van der Waals surface area contributed by atoms with Crippen molar-refractivity contribution in [1.29, 1.82) is 10.5 Å². The lowest BCUT2D eigenvalue weighted by Crippen LogP contribution is -2.15. The lowest BCUT2D eigenvalue weighted by molar-refractivity contribution is -0.143. The molecule has 0 aliphatic heterocycles. The van der Waals surface area contributed by atoms with Crippen LogP contribution in [0.5, 0.6) is 0 Å². The molecule has 0 spiro atoms. The van der Waals surface area contributed by atoms with Crippen molar-refractivity contribution in [2.75, 3.05) is 6.61 Å². The number of hydrogen-bond acceptors (Lipinski definition) is 5. The van der Waals surface area contributed by atoms with Crippen LogP contribution in [0.25, 0.3) is 0 Å². The Bertz CT molecular complexity index is 471. The Hall–Kier alpha value is -2.40. The maximum absolute atomic E-state index is 11.5. The lowest BCUT2D eigenvalue weighted by atomic mass is 9.98. The van der Waals surface area contributed by atoms with Gasteiger partial charge in [-0.05, 0) is 13.0 Å². The molecular formula is C11H9N3O2. The number of esters is 1. The summed E-state index contributed by atoms with van der Waals surface area (Å²) >= 11 is 0. The van der Waals surface area contributed by atoms with Crippen molar-refractivity contribution in [3.8, 4) is 12.1 Å². The van der Waals surface area contributed by atoms with Gasteiger partial charge in [0.2, 0.25) is 0 Å². The summed E-state index contributed by atoms with van der Waals surface area (Å²) < 4.78 is 4.75. The molecule has 0 saturated heterocycles. The fourth-order valence-corrected chi connectivity index (χ4v) is 1.21. The summed E-state index contributed by atoms with van der Waals surface area (Å²) in [5.41, 5.74) is 0.542. The minimum atomic E-state index is -1.09. The van der Waals surface area contributed by atoms with E-state index < -0.39 is 11.9 Å². The summed E-state index contributed by atoms with van der Waals surface area (Å²) in [4.78, 5) is 15.3. The number of nitriles is 2. The smallest absolute Gasteiger partial charge is 0.328 e. The first kappa shape index (κ1) is 11.7. The predicted octanol–water partition coefficient (Wildman–Crippen LogP) is 1.12. The molecule has 1 atom stereocenters. The second-order valence-electron chi connectivity index (χ2n) is 2.89. The molecule has 0 radical (unpaired) electrons. The van der Waals surface area contributed by atoms with E-state index in [1.165, 1.54) is 18.5 Å². The van der Waals surface area contributed by atoms with E-state index >= 15 is 0 Å². The minimum Gasteiger partial charge on any atom is -0.465 e. The van der Waals surface area contributed by atoms with E-state index in [9.17, 15) is 4.79 Å². The molecule has 80 valence electrons. The van der Waals surface area contributed by atoms with E-state index in [4.69, 9.17) is 15.3 Å². The quantitative estimate of drug-likeness (QED) is 0.705. The summed E-state index contributed by atoms with van der Waals surface area (Å²) in [7, 11) is 0. The first-order valence-electron chi connectivity index (χ1n) is 4.64. The molecule has 1 rings (SSSR count). The third-order valence-corrected chi connectivity index (χ3v) is 1.93. The number of hydrogen-bond donors (Lipinski definition) is 0. The molecule has 0 fully saturated rings. The second-order valence-corrected chi connectivity index (χ2v) is 2.89. The van der Waals surface area contributed by atoms with Crippen LogP contribution in [0.15, 0.2) is 18.5 Å². The Morgan fingerprint density at radius 1 is 1.62 bits per heavy atom. The molecule has 0 bridgehead atoms. The van der Waals surface area contributed by atoms with Gasteiger partial charge in [-0.2, -0.15) is 10.5 Å². The topological polar surface area (TPSA) is 86.8 Å². The van der Waals surface area contributed by atoms with Gasteiger partial charge in [0.15, 0.2) is 5.92 Å². The van der Waals surface area contributed by atoms with Gasteiger partial charge in [-0.3, -0.25) is 9.78 Å². The zero-order valence-corrected chi connectivity index (χ0v) is 8.67. The lowest BCUT2D eigenvalue weighted by Gasteiger charge is -2.08. The van der Waals surface area contributed by atoms with Crippen LogP contribution < -0.4 is 0 Å². The average Bonchev–Trinajstić information content (AvgIpc) is 2.31. The van der Waals surface area contributed by atoms with Crippen LogP contribution in [-0.2, 0) is 9.53 Å². The molecule has 0 amide bonds. The Morgan fingerprint density at radius 3 is 2.94 bits per heavy atom. The third-order valence-electron chi connectivity index (χ3n) is 1.93. The largest absolute Gasteiger partial charge is 0.465 e. The number of carbonyl (C=O) groups is 1. The molecule has 5 heteroatoms. The van der Waals surface area contributed by atoms with Crippen LogP contribution in [0.2, 0.25) is 0 Å². The standard InChI is InChI=1S/C11H9N3O2/c1-2-16-11(15)9(6-13)10-7-14-4-3-8(10)5-12/h3-4,7,9H,2H2,1H3. The van der Waals surface area contributed by atoms with Gasteiger partial charge in [0.1, 0.15) is 0 Å². The highest BCUT2D eigenvalue weighted by atomic mass is 16.5. The van der Waals surface area contributed by atoms with Gasteiger partial charge in [0.25, 0.3) is 0 Å². The van der Waals surface area contributed by atoms with Crippen LogP contribution in [0.3, 0.4) is 0 Å². The molecule has 0 aliphatic rings. The fourth-order valence-electron chi connectivity index (χ4n) is 1.21. The van der Waals surface area contributed by atoms with E-state index in [1.807, 2.05) is 12.1 Å². The van der Waals surface area contributed by atoms with Crippen molar-refractivity contribution >= 4 is 5.97 Å². The molecular weight excluding hydrogens is 206 g/mol. The number of rotatable bonds is 3. The van der Waals surface area contributed by atoms with Gasteiger partial charge in [0, 0.05) is 18.0 Å². The maximum atomic E-state index is 11.5. The number of ether oxygens (including phenoxy) is 1. The molecule has 0 aromatic carbocycles. The molecule has 1 unspecified atom stereocenters. The summed E-state index contributed by atoms with van der Waals surface area (Å²) in [6.45, 7) is 1.85.